The summed E-state index contributed by atoms with van der Waals surface area (Å²) < 4.78 is 0. The first-order chi connectivity index (χ1) is 9.24. The predicted octanol–water partition coefficient (Wildman–Crippen LogP) is 2.17. The van der Waals surface area contributed by atoms with Gasteiger partial charge < -0.3 is 10.2 Å². The van der Waals surface area contributed by atoms with Crippen molar-refractivity contribution in [2.24, 2.45) is 5.92 Å². The lowest BCUT2D eigenvalue weighted by Gasteiger charge is -2.31. The zero-order valence-corrected chi connectivity index (χ0v) is 11.7. The molecule has 0 aromatic carbocycles. The Morgan fingerprint density at radius 1 is 1.42 bits per heavy atom. The van der Waals surface area contributed by atoms with Gasteiger partial charge in [0, 0.05) is 19.6 Å². The van der Waals surface area contributed by atoms with Crippen molar-refractivity contribution in [3.05, 3.63) is 17.8 Å². The number of rotatable bonds is 4. The van der Waals surface area contributed by atoms with Crippen LogP contribution in [0.4, 0.5) is 5.82 Å². The number of amides is 1. The van der Waals surface area contributed by atoms with Gasteiger partial charge in [0.05, 0.1) is 0 Å². The van der Waals surface area contributed by atoms with E-state index in [-0.39, 0.29) is 5.91 Å². The monoisotopic (exact) mass is 262 g/mol. The average Bonchev–Trinajstić information content (AvgIpc) is 2.48. The lowest BCUT2D eigenvalue weighted by molar-refractivity contribution is 0.0664. The van der Waals surface area contributed by atoms with Crippen molar-refractivity contribution >= 4 is 11.7 Å². The van der Waals surface area contributed by atoms with E-state index in [0.29, 0.717) is 17.4 Å². The lowest BCUT2D eigenvalue weighted by Crippen LogP contribution is -2.40. The van der Waals surface area contributed by atoms with E-state index < -0.39 is 0 Å². The molecule has 0 aliphatic carbocycles. The van der Waals surface area contributed by atoms with Crippen LogP contribution in [-0.4, -0.2) is 40.6 Å². The van der Waals surface area contributed by atoms with Gasteiger partial charge in [-0.3, -0.25) is 4.79 Å². The largest absolute Gasteiger partial charge is 0.369 e. The summed E-state index contributed by atoms with van der Waals surface area (Å²) in [5.41, 5.74) is 0.443. The number of hydrogen-bond donors (Lipinski definition) is 1. The van der Waals surface area contributed by atoms with Crippen LogP contribution in [0.1, 0.15) is 43.6 Å². The number of anilines is 1. The van der Waals surface area contributed by atoms with Gasteiger partial charge in [-0.05, 0) is 37.8 Å². The highest BCUT2D eigenvalue weighted by molar-refractivity contribution is 5.92. The van der Waals surface area contributed by atoms with E-state index in [1.165, 1.54) is 6.42 Å². The van der Waals surface area contributed by atoms with Gasteiger partial charge in [-0.15, -0.1) is 10.2 Å². The maximum absolute atomic E-state index is 12.3. The van der Waals surface area contributed by atoms with Crippen molar-refractivity contribution in [3.63, 3.8) is 0 Å². The normalized spacial score (nSPS) is 19.3. The summed E-state index contributed by atoms with van der Waals surface area (Å²) in [5, 5.41) is 11.1. The van der Waals surface area contributed by atoms with Crippen LogP contribution >= 0.6 is 0 Å². The third-order valence-corrected chi connectivity index (χ3v) is 3.63. The minimum absolute atomic E-state index is 0.00805. The molecule has 0 radical (unpaired) electrons. The standard InChI is InChI=1S/C14H22N4O/c1-3-11-6-5-9-18(10-11)14(19)12-7-8-13(15-4-2)17-16-12/h7-8,11H,3-6,9-10H2,1-2H3,(H,15,17). The van der Waals surface area contributed by atoms with Gasteiger partial charge in [0.1, 0.15) is 5.82 Å². The average molecular weight is 262 g/mol. The number of nitrogens with one attached hydrogen (secondary N) is 1. The molecule has 1 aromatic rings. The molecule has 1 saturated heterocycles. The summed E-state index contributed by atoms with van der Waals surface area (Å²) in [6.07, 6.45) is 3.45. The highest BCUT2D eigenvalue weighted by atomic mass is 16.2. The third kappa shape index (κ3) is 3.43. The first kappa shape index (κ1) is 13.8. The van der Waals surface area contributed by atoms with E-state index in [1.54, 1.807) is 6.07 Å². The molecule has 1 amide bonds. The number of nitrogens with zero attached hydrogens (tertiary/aromatic N) is 3. The molecule has 1 aliphatic rings. The molecule has 19 heavy (non-hydrogen) atoms. The molecule has 0 spiro atoms. The van der Waals surface area contributed by atoms with Crippen molar-refractivity contribution < 1.29 is 4.79 Å². The molecule has 1 atom stereocenters. The summed E-state index contributed by atoms with van der Waals surface area (Å²) >= 11 is 0. The molecule has 1 aliphatic heterocycles. The van der Waals surface area contributed by atoms with Crippen LogP contribution < -0.4 is 5.32 Å². The molecule has 2 heterocycles. The van der Waals surface area contributed by atoms with Crippen LogP contribution in [0.15, 0.2) is 12.1 Å². The minimum atomic E-state index is 0.00805. The Bertz CT molecular complexity index is 418. The highest BCUT2D eigenvalue weighted by Crippen LogP contribution is 2.20. The Morgan fingerprint density at radius 2 is 2.26 bits per heavy atom. The summed E-state index contributed by atoms with van der Waals surface area (Å²) in [6.45, 7) is 6.67. The highest BCUT2D eigenvalue weighted by Gasteiger charge is 2.24. The first-order valence-electron chi connectivity index (χ1n) is 7.11. The molecule has 5 heteroatoms. The summed E-state index contributed by atoms with van der Waals surface area (Å²) in [5.74, 6) is 1.35. The van der Waals surface area contributed by atoms with Crippen molar-refractivity contribution in [1.82, 2.24) is 15.1 Å². The van der Waals surface area contributed by atoms with Crippen molar-refractivity contribution in [1.29, 1.82) is 0 Å². The van der Waals surface area contributed by atoms with E-state index in [1.807, 2.05) is 17.9 Å². The van der Waals surface area contributed by atoms with Crippen molar-refractivity contribution in [3.8, 4) is 0 Å². The fourth-order valence-corrected chi connectivity index (χ4v) is 2.47. The van der Waals surface area contributed by atoms with Crippen LogP contribution in [0, 0.1) is 5.92 Å². The van der Waals surface area contributed by atoms with E-state index in [2.05, 4.69) is 22.4 Å². The Hall–Kier alpha value is -1.65. The maximum atomic E-state index is 12.3. The first-order valence-corrected chi connectivity index (χ1v) is 7.11. The Kier molecular flexibility index (Phi) is 4.71. The molecular weight excluding hydrogens is 240 g/mol. The van der Waals surface area contributed by atoms with E-state index >= 15 is 0 Å². The van der Waals surface area contributed by atoms with Gasteiger partial charge in [0.15, 0.2) is 5.69 Å². The van der Waals surface area contributed by atoms with Crippen LogP contribution in [0.3, 0.4) is 0 Å². The topological polar surface area (TPSA) is 58.1 Å². The fourth-order valence-electron chi connectivity index (χ4n) is 2.47. The molecular formula is C14H22N4O. The second kappa shape index (κ2) is 6.50. The maximum Gasteiger partial charge on any atom is 0.274 e. The second-order valence-corrected chi connectivity index (χ2v) is 5.00. The second-order valence-electron chi connectivity index (χ2n) is 5.00. The lowest BCUT2D eigenvalue weighted by atomic mass is 9.95. The van der Waals surface area contributed by atoms with E-state index in [9.17, 15) is 4.79 Å². The van der Waals surface area contributed by atoms with Gasteiger partial charge in [-0.2, -0.15) is 0 Å². The van der Waals surface area contributed by atoms with Gasteiger partial charge in [0.25, 0.3) is 5.91 Å². The number of hydrogen-bond acceptors (Lipinski definition) is 4. The van der Waals surface area contributed by atoms with Crippen molar-refractivity contribution in [2.45, 2.75) is 33.1 Å². The quantitative estimate of drug-likeness (QED) is 0.903. The smallest absolute Gasteiger partial charge is 0.274 e. The SMILES string of the molecule is CCNc1ccc(C(=O)N2CCCC(CC)C2)nn1. The van der Waals surface area contributed by atoms with Gasteiger partial charge in [0.2, 0.25) is 0 Å². The molecule has 1 aromatic heterocycles. The molecule has 1 unspecified atom stereocenters. The van der Waals surface area contributed by atoms with E-state index in [0.717, 1.165) is 32.5 Å². The van der Waals surface area contributed by atoms with Crippen LogP contribution in [0.25, 0.3) is 0 Å². The number of carbonyl (C=O) groups is 1. The molecule has 0 saturated carbocycles. The predicted molar refractivity (Wildman–Crippen MR) is 75.1 cm³/mol. The van der Waals surface area contributed by atoms with E-state index in [4.69, 9.17) is 0 Å². The number of likely N-dealkylation sites (tertiary alicyclic amines) is 1. The van der Waals surface area contributed by atoms with Gasteiger partial charge >= 0.3 is 0 Å². The zero-order valence-electron chi connectivity index (χ0n) is 11.7. The number of aromatic nitrogens is 2. The van der Waals surface area contributed by atoms with Crippen molar-refractivity contribution in [2.75, 3.05) is 25.0 Å². The minimum Gasteiger partial charge on any atom is -0.369 e. The number of carbonyl (C=O) groups excluding carboxylic acids is 1. The number of piperidine rings is 1. The summed E-state index contributed by atoms with van der Waals surface area (Å²) in [4.78, 5) is 14.2. The Balaban J connectivity index is 2.02. The molecule has 5 nitrogen and oxygen atoms in total. The van der Waals surface area contributed by atoms with Gasteiger partial charge in [-0.25, -0.2) is 0 Å². The van der Waals surface area contributed by atoms with Crippen LogP contribution in [0.2, 0.25) is 0 Å². The Morgan fingerprint density at radius 3 is 2.89 bits per heavy atom. The molecule has 104 valence electrons. The summed E-state index contributed by atoms with van der Waals surface area (Å²) in [7, 11) is 0. The Labute approximate surface area is 114 Å². The zero-order chi connectivity index (χ0) is 13.7. The van der Waals surface area contributed by atoms with Crippen LogP contribution in [-0.2, 0) is 0 Å². The van der Waals surface area contributed by atoms with Gasteiger partial charge in [-0.1, -0.05) is 13.3 Å². The summed E-state index contributed by atoms with van der Waals surface area (Å²) in [6, 6.07) is 3.56. The fraction of sp³-hybridized carbons (Fsp3) is 0.643. The van der Waals surface area contributed by atoms with Crippen LogP contribution in [0.5, 0.6) is 0 Å². The third-order valence-electron chi connectivity index (χ3n) is 3.63. The molecule has 1 fully saturated rings. The molecule has 2 rings (SSSR count). The molecule has 0 bridgehead atoms. The molecule has 1 N–H and O–H groups in total.